The molecule has 1 aliphatic carbocycles. The van der Waals surface area contributed by atoms with Crippen LogP contribution in [-0.4, -0.2) is 59.3 Å². The highest BCUT2D eigenvalue weighted by atomic mass is 16.5. The highest BCUT2D eigenvalue weighted by Gasteiger charge is 2.44. The first-order chi connectivity index (χ1) is 12.0. The number of aromatic carboxylic acids is 1. The molecule has 25 heavy (non-hydrogen) atoms. The molecule has 2 heterocycles. The van der Waals surface area contributed by atoms with Crippen LogP contribution < -0.4 is 5.32 Å². The molecule has 1 saturated carbocycles. The molecule has 6 nitrogen and oxygen atoms in total. The van der Waals surface area contributed by atoms with Crippen LogP contribution in [0.15, 0.2) is 24.3 Å². The quantitative estimate of drug-likeness (QED) is 0.872. The van der Waals surface area contributed by atoms with E-state index in [-0.39, 0.29) is 17.1 Å². The zero-order valence-electron chi connectivity index (χ0n) is 14.2. The third-order valence-corrected chi connectivity index (χ3v) is 5.60. The van der Waals surface area contributed by atoms with E-state index < -0.39 is 5.97 Å². The second kappa shape index (κ2) is 6.42. The number of ether oxygens (including phenoxy) is 1. The van der Waals surface area contributed by atoms with Gasteiger partial charge in [-0.15, -0.1) is 0 Å². The maximum Gasteiger partial charge on any atom is 0.335 e. The van der Waals surface area contributed by atoms with Gasteiger partial charge in [0.1, 0.15) is 0 Å². The van der Waals surface area contributed by atoms with Gasteiger partial charge in [-0.3, -0.25) is 4.79 Å². The van der Waals surface area contributed by atoms with E-state index in [2.05, 4.69) is 5.32 Å². The van der Waals surface area contributed by atoms with Crippen LogP contribution in [0.25, 0.3) is 0 Å². The van der Waals surface area contributed by atoms with Crippen molar-refractivity contribution in [3.05, 3.63) is 35.4 Å². The molecule has 0 radical (unpaired) electrons. The van der Waals surface area contributed by atoms with E-state index in [1.807, 2.05) is 4.90 Å². The molecule has 2 saturated heterocycles. The highest BCUT2D eigenvalue weighted by molar-refractivity contribution is 5.96. The summed E-state index contributed by atoms with van der Waals surface area (Å²) in [6.07, 6.45) is 5.35. The number of hydrogen-bond donors (Lipinski definition) is 2. The van der Waals surface area contributed by atoms with Crippen LogP contribution in [0.5, 0.6) is 0 Å². The Morgan fingerprint density at radius 2 is 1.72 bits per heavy atom. The number of likely N-dealkylation sites (tertiary alicyclic amines) is 1. The molecule has 3 aliphatic rings. The molecular formula is C19H24N2O4. The molecule has 0 aromatic heterocycles. The molecule has 1 aromatic rings. The summed E-state index contributed by atoms with van der Waals surface area (Å²) in [5.41, 5.74) is 0.667. The topological polar surface area (TPSA) is 78.9 Å². The van der Waals surface area contributed by atoms with Gasteiger partial charge in [-0.05, 0) is 56.4 Å². The first kappa shape index (κ1) is 16.5. The van der Waals surface area contributed by atoms with Crippen LogP contribution in [0.4, 0.5) is 0 Å². The van der Waals surface area contributed by atoms with Crippen LogP contribution >= 0.6 is 0 Å². The fraction of sp³-hybridized carbons (Fsp3) is 0.579. The minimum absolute atomic E-state index is 0.0301. The maximum atomic E-state index is 12.6. The Morgan fingerprint density at radius 1 is 1.08 bits per heavy atom. The highest BCUT2D eigenvalue weighted by Crippen LogP contribution is 2.37. The molecule has 0 bridgehead atoms. The average Bonchev–Trinajstić information content (AvgIpc) is 3.36. The summed E-state index contributed by atoms with van der Waals surface area (Å²) >= 11 is 0. The summed E-state index contributed by atoms with van der Waals surface area (Å²) in [7, 11) is 0. The van der Waals surface area contributed by atoms with Crippen molar-refractivity contribution in [2.75, 3.05) is 19.7 Å². The monoisotopic (exact) mass is 344 g/mol. The predicted octanol–water partition coefficient (Wildman–Crippen LogP) is 1.90. The number of carbonyl (C=O) groups is 2. The average molecular weight is 344 g/mol. The van der Waals surface area contributed by atoms with Crippen molar-refractivity contribution in [1.29, 1.82) is 0 Å². The second-order valence-electron chi connectivity index (χ2n) is 7.51. The van der Waals surface area contributed by atoms with Crippen molar-refractivity contribution in [3.8, 4) is 0 Å². The first-order valence-corrected chi connectivity index (χ1v) is 9.07. The lowest BCUT2D eigenvalue weighted by Gasteiger charge is -2.38. The van der Waals surface area contributed by atoms with E-state index in [0.717, 1.165) is 25.9 Å². The number of rotatable bonds is 4. The van der Waals surface area contributed by atoms with E-state index in [1.54, 1.807) is 12.1 Å². The van der Waals surface area contributed by atoms with Gasteiger partial charge < -0.3 is 20.1 Å². The third-order valence-electron chi connectivity index (χ3n) is 5.60. The summed E-state index contributed by atoms with van der Waals surface area (Å²) in [5.74, 6) is -1.01. The van der Waals surface area contributed by atoms with E-state index >= 15 is 0 Å². The summed E-state index contributed by atoms with van der Waals surface area (Å²) in [6, 6.07) is 7.30. The molecule has 2 aliphatic heterocycles. The van der Waals surface area contributed by atoms with Crippen LogP contribution in [-0.2, 0) is 4.74 Å². The van der Waals surface area contributed by atoms with Gasteiger partial charge >= 0.3 is 5.97 Å². The molecule has 6 heteroatoms. The fourth-order valence-corrected chi connectivity index (χ4v) is 3.94. The Kier molecular flexibility index (Phi) is 4.25. The van der Waals surface area contributed by atoms with E-state index in [9.17, 15) is 9.59 Å². The Balaban J connectivity index is 1.33. The van der Waals surface area contributed by atoms with Crippen molar-refractivity contribution in [3.63, 3.8) is 0 Å². The number of piperidine rings is 1. The SMILES string of the molecule is O=C(O)c1ccc(C(=O)N2CCC3(CC2)CC(NC2CC2)CO3)cc1. The standard InChI is InChI=1S/C19H24N2O4/c22-17(13-1-3-14(4-2-13)18(23)24)21-9-7-19(8-10-21)11-16(12-25-19)20-15-5-6-15/h1-4,15-16,20H,5-12H2,(H,23,24). The Hall–Kier alpha value is -1.92. The number of carboxylic acid groups (broad SMARTS) is 1. The minimum Gasteiger partial charge on any atom is -0.478 e. The van der Waals surface area contributed by atoms with Gasteiger partial charge in [-0.25, -0.2) is 4.79 Å². The lowest BCUT2D eigenvalue weighted by atomic mass is 9.87. The van der Waals surface area contributed by atoms with Crippen molar-refractivity contribution < 1.29 is 19.4 Å². The third kappa shape index (κ3) is 3.55. The molecule has 1 spiro atoms. The van der Waals surface area contributed by atoms with Gasteiger partial charge in [-0.2, -0.15) is 0 Å². The van der Waals surface area contributed by atoms with Crippen molar-refractivity contribution in [1.82, 2.24) is 10.2 Å². The van der Waals surface area contributed by atoms with Crippen LogP contribution in [0.2, 0.25) is 0 Å². The van der Waals surface area contributed by atoms with Crippen molar-refractivity contribution in [2.45, 2.75) is 49.8 Å². The Labute approximate surface area is 147 Å². The maximum absolute atomic E-state index is 12.6. The number of amides is 1. The van der Waals surface area contributed by atoms with E-state index in [0.29, 0.717) is 30.7 Å². The van der Waals surface area contributed by atoms with Crippen LogP contribution in [0.3, 0.4) is 0 Å². The molecule has 2 N–H and O–H groups in total. The number of hydrogen-bond acceptors (Lipinski definition) is 4. The molecule has 134 valence electrons. The second-order valence-corrected chi connectivity index (χ2v) is 7.51. The van der Waals surface area contributed by atoms with Crippen LogP contribution in [0, 0.1) is 0 Å². The van der Waals surface area contributed by atoms with Crippen LogP contribution in [0.1, 0.15) is 52.8 Å². The fourth-order valence-electron chi connectivity index (χ4n) is 3.94. The normalized spacial score (nSPS) is 25.3. The molecule has 3 fully saturated rings. The van der Waals surface area contributed by atoms with Gasteiger partial charge in [0.25, 0.3) is 5.91 Å². The van der Waals surface area contributed by atoms with Crippen molar-refractivity contribution >= 4 is 11.9 Å². The molecular weight excluding hydrogens is 320 g/mol. The zero-order chi connectivity index (χ0) is 17.4. The van der Waals surface area contributed by atoms with Crippen molar-refractivity contribution in [2.24, 2.45) is 0 Å². The lowest BCUT2D eigenvalue weighted by Crippen LogP contribution is -2.47. The molecule has 1 atom stereocenters. The van der Waals surface area contributed by atoms with E-state index in [1.165, 1.54) is 25.0 Å². The van der Waals surface area contributed by atoms with Gasteiger partial charge in [0.05, 0.1) is 17.8 Å². The Bertz CT molecular complexity index is 661. The smallest absolute Gasteiger partial charge is 0.335 e. The van der Waals surface area contributed by atoms with Gasteiger partial charge in [0.2, 0.25) is 0 Å². The summed E-state index contributed by atoms with van der Waals surface area (Å²) in [5, 5.41) is 12.6. The number of nitrogens with one attached hydrogen (secondary N) is 1. The molecule has 1 unspecified atom stereocenters. The van der Waals surface area contributed by atoms with Gasteiger partial charge in [-0.1, -0.05) is 0 Å². The number of benzene rings is 1. The summed E-state index contributed by atoms with van der Waals surface area (Å²) in [6.45, 7) is 2.16. The van der Waals surface area contributed by atoms with Gasteiger partial charge in [0, 0.05) is 30.7 Å². The number of carbonyl (C=O) groups excluding carboxylic acids is 1. The predicted molar refractivity (Wildman–Crippen MR) is 91.8 cm³/mol. The first-order valence-electron chi connectivity index (χ1n) is 9.07. The molecule has 4 rings (SSSR count). The summed E-state index contributed by atoms with van der Waals surface area (Å²) in [4.78, 5) is 25.4. The number of nitrogens with zero attached hydrogens (tertiary/aromatic N) is 1. The molecule has 1 amide bonds. The Morgan fingerprint density at radius 3 is 2.32 bits per heavy atom. The van der Waals surface area contributed by atoms with Gasteiger partial charge in [0.15, 0.2) is 0 Å². The molecule has 1 aromatic carbocycles. The number of carboxylic acids is 1. The summed E-state index contributed by atoms with van der Waals surface area (Å²) < 4.78 is 6.13. The van der Waals surface area contributed by atoms with E-state index in [4.69, 9.17) is 9.84 Å². The zero-order valence-corrected chi connectivity index (χ0v) is 14.2. The minimum atomic E-state index is -0.980. The largest absolute Gasteiger partial charge is 0.478 e. The lowest BCUT2D eigenvalue weighted by molar-refractivity contribution is -0.0389.